The van der Waals surface area contributed by atoms with Gasteiger partial charge >= 0.3 is 0 Å². The highest BCUT2D eigenvalue weighted by molar-refractivity contribution is 9.10. The lowest BCUT2D eigenvalue weighted by atomic mass is 10.3. The van der Waals surface area contributed by atoms with E-state index in [9.17, 15) is 4.79 Å². The zero-order valence-corrected chi connectivity index (χ0v) is 10.9. The van der Waals surface area contributed by atoms with Crippen molar-refractivity contribution in [2.45, 2.75) is 0 Å². The fraction of sp³-hybridized carbons (Fsp3) is 0. The van der Waals surface area contributed by atoms with Crippen molar-refractivity contribution < 1.29 is 4.79 Å². The Morgan fingerprint density at radius 1 is 1.12 bits per heavy atom. The van der Waals surface area contributed by atoms with E-state index in [4.69, 9.17) is 11.6 Å². The van der Waals surface area contributed by atoms with Gasteiger partial charge in [-0.3, -0.25) is 4.79 Å². The van der Waals surface area contributed by atoms with Crippen LogP contribution >= 0.6 is 27.5 Å². The minimum atomic E-state index is -0.323. The summed E-state index contributed by atoms with van der Waals surface area (Å²) >= 11 is 8.90. The summed E-state index contributed by atoms with van der Waals surface area (Å²) in [5, 5.41) is 10.2. The molecule has 6 heteroatoms. The van der Waals surface area contributed by atoms with Gasteiger partial charge in [0.25, 0.3) is 5.91 Å². The number of nitrogens with one attached hydrogen (secondary N) is 1. The zero-order valence-electron chi connectivity index (χ0n) is 8.52. The first-order chi connectivity index (χ1) is 8.15. The van der Waals surface area contributed by atoms with Crippen molar-refractivity contribution >= 4 is 39.1 Å². The van der Waals surface area contributed by atoms with Crippen molar-refractivity contribution in [1.82, 2.24) is 10.2 Å². The van der Waals surface area contributed by atoms with Gasteiger partial charge in [-0.05, 0) is 36.4 Å². The Labute approximate surface area is 111 Å². The molecule has 0 aliphatic rings. The van der Waals surface area contributed by atoms with Crippen LogP contribution in [-0.4, -0.2) is 16.1 Å². The van der Waals surface area contributed by atoms with E-state index in [2.05, 4.69) is 31.4 Å². The van der Waals surface area contributed by atoms with Crippen molar-refractivity contribution in [1.29, 1.82) is 0 Å². The summed E-state index contributed by atoms with van der Waals surface area (Å²) < 4.78 is 0.946. The molecule has 0 unspecified atom stereocenters. The number of amides is 1. The van der Waals surface area contributed by atoms with Gasteiger partial charge in [-0.2, -0.15) is 0 Å². The number of halogens is 2. The lowest BCUT2D eigenvalue weighted by Gasteiger charge is -2.03. The van der Waals surface area contributed by atoms with Gasteiger partial charge in [0.15, 0.2) is 10.8 Å². The van der Waals surface area contributed by atoms with Crippen LogP contribution in [0.2, 0.25) is 5.15 Å². The predicted octanol–water partition coefficient (Wildman–Crippen LogP) is 3.14. The molecular formula is C11H7BrClN3O. The minimum absolute atomic E-state index is 0.220. The first-order valence-electron chi connectivity index (χ1n) is 4.71. The molecule has 2 rings (SSSR count). The molecular weight excluding hydrogens is 305 g/mol. The smallest absolute Gasteiger partial charge is 0.276 e. The molecule has 17 heavy (non-hydrogen) atoms. The van der Waals surface area contributed by atoms with Crippen LogP contribution in [0.25, 0.3) is 0 Å². The molecule has 1 N–H and O–H groups in total. The molecule has 0 saturated carbocycles. The third-order valence-corrected chi connectivity index (χ3v) is 2.70. The van der Waals surface area contributed by atoms with Crippen molar-refractivity contribution in [3.63, 3.8) is 0 Å². The van der Waals surface area contributed by atoms with Gasteiger partial charge in [-0.15, -0.1) is 10.2 Å². The van der Waals surface area contributed by atoms with E-state index in [0.29, 0.717) is 5.69 Å². The van der Waals surface area contributed by atoms with Crippen molar-refractivity contribution in [2.75, 3.05) is 5.32 Å². The number of nitrogens with zero attached hydrogens (tertiary/aromatic N) is 2. The summed E-state index contributed by atoms with van der Waals surface area (Å²) in [6, 6.07) is 10.3. The number of rotatable bonds is 2. The van der Waals surface area contributed by atoms with Gasteiger partial charge in [0.1, 0.15) is 0 Å². The summed E-state index contributed by atoms with van der Waals surface area (Å²) in [5.74, 6) is -0.323. The lowest BCUT2D eigenvalue weighted by Crippen LogP contribution is -2.14. The maximum absolute atomic E-state index is 11.7. The standard InChI is InChI=1S/C11H7BrClN3O/c12-7-1-3-8(4-2-7)14-11(17)9-5-6-10(13)16-15-9/h1-6H,(H,14,17). The first kappa shape index (κ1) is 12.0. The fourth-order valence-electron chi connectivity index (χ4n) is 1.17. The van der Waals surface area contributed by atoms with Crippen LogP contribution in [0.1, 0.15) is 10.5 Å². The van der Waals surface area contributed by atoms with Gasteiger partial charge in [0.2, 0.25) is 0 Å². The van der Waals surface area contributed by atoms with E-state index in [1.165, 1.54) is 12.1 Å². The fourth-order valence-corrected chi connectivity index (χ4v) is 1.53. The SMILES string of the molecule is O=C(Nc1ccc(Br)cc1)c1ccc(Cl)nn1. The van der Waals surface area contributed by atoms with Crippen molar-refractivity contribution in [2.24, 2.45) is 0 Å². The number of anilines is 1. The molecule has 0 aliphatic carbocycles. The van der Waals surface area contributed by atoms with E-state index < -0.39 is 0 Å². The lowest BCUT2D eigenvalue weighted by molar-refractivity contribution is 0.102. The number of carbonyl (C=O) groups excluding carboxylic acids is 1. The molecule has 1 amide bonds. The topological polar surface area (TPSA) is 54.9 Å². The third-order valence-electron chi connectivity index (χ3n) is 1.97. The predicted molar refractivity (Wildman–Crippen MR) is 69.1 cm³/mol. The van der Waals surface area contributed by atoms with Gasteiger partial charge in [0.05, 0.1) is 0 Å². The average molecular weight is 313 g/mol. The third kappa shape index (κ3) is 3.25. The highest BCUT2D eigenvalue weighted by Crippen LogP contribution is 2.14. The summed E-state index contributed by atoms with van der Waals surface area (Å²) in [7, 11) is 0. The molecule has 1 aromatic carbocycles. The Hall–Kier alpha value is -1.46. The molecule has 0 spiro atoms. The Morgan fingerprint density at radius 2 is 1.82 bits per heavy atom. The number of hydrogen-bond donors (Lipinski definition) is 1. The molecule has 0 saturated heterocycles. The molecule has 0 aliphatic heterocycles. The normalized spacial score (nSPS) is 10.0. The van der Waals surface area contributed by atoms with Gasteiger partial charge < -0.3 is 5.32 Å². The average Bonchev–Trinajstić information content (AvgIpc) is 2.33. The Balaban J connectivity index is 2.11. The summed E-state index contributed by atoms with van der Waals surface area (Å²) in [5.41, 5.74) is 0.910. The largest absolute Gasteiger partial charge is 0.321 e. The number of benzene rings is 1. The Morgan fingerprint density at radius 3 is 2.41 bits per heavy atom. The molecule has 0 bridgehead atoms. The zero-order chi connectivity index (χ0) is 12.3. The van der Waals surface area contributed by atoms with Crippen LogP contribution in [0.4, 0.5) is 5.69 Å². The monoisotopic (exact) mass is 311 g/mol. The van der Waals surface area contributed by atoms with Crippen LogP contribution < -0.4 is 5.32 Å². The highest BCUT2D eigenvalue weighted by Gasteiger charge is 2.07. The molecule has 1 heterocycles. The van der Waals surface area contributed by atoms with E-state index in [1.807, 2.05) is 12.1 Å². The quantitative estimate of drug-likeness (QED) is 0.927. The molecule has 4 nitrogen and oxygen atoms in total. The molecule has 0 atom stereocenters. The Kier molecular flexibility index (Phi) is 3.71. The summed E-state index contributed by atoms with van der Waals surface area (Å²) in [6.07, 6.45) is 0. The second kappa shape index (κ2) is 5.25. The number of hydrogen-bond acceptors (Lipinski definition) is 3. The summed E-state index contributed by atoms with van der Waals surface area (Å²) in [6.45, 7) is 0. The van der Waals surface area contributed by atoms with Crippen LogP contribution in [-0.2, 0) is 0 Å². The number of carbonyl (C=O) groups is 1. The number of aromatic nitrogens is 2. The van der Waals surface area contributed by atoms with E-state index >= 15 is 0 Å². The van der Waals surface area contributed by atoms with Crippen molar-refractivity contribution in [3.8, 4) is 0 Å². The first-order valence-corrected chi connectivity index (χ1v) is 5.88. The van der Waals surface area contributed by atoms with E-state index in [1.54, 1.807) is 12.1 Å². The van der Waals surface area contributed by atoms with Gasteiger partial charge in [-0.1, -0.05) is 27.5 Å². The van der Waals surface area contributed by atoms with Crippen LogP contribution in [0, 0.1) is 0 Å². The van der Waals surface area contributed by atoms with Gasteiger partial charge in [-0.25, -0.2) is 0 Å². The second-order valence-electron chi connectivity index (χ2n) is 3.20. The molecule has 0 radical (unpaired) electrons. The Bertz CT molecular complexity index is 527. The maximum atomic E-state index is 11.7. The van der Waals surface area contributed by atoms with Gasteiger partial charge in [0, 0.05) is 10.2 Å². The maximum Gasteiger partial charge on any atom is 0.276 e. The van der Waals surface area contributed by atoms with Crippen LogP contribution in [0.5, 0.6) is 0 Å². The second-order valence-corrected chi connectivity index (χ2v) is 4.51. The van der Waals surface area contributed by atoms with Crippen molar-refractivity contribution in [3.05, 3.63) is 51.7 Å². The van der Waals surface area contributed by atoms with Crippen LogP contribution in [0.3, 0.4) is 0 Å². The molecule has 1 aromatic heterocycles. The summed E-state index contributed by atoms with van der Waals surface area (Å²) in [4.78, 5) is 11.7. The molecule has 86 valence electrons. The van der Waals surface area contributed by atoms with E-state index in [-0.39, 0.29) is 16.8 Å². The molecule has 0 fully saturated rings. The van der Waals surface area contributed by atoms with E-state index in [0.717, 1.165) is 4.47 Å². The minimum Gasteiger partial charge on any atom is -0.321 e. The molecule has 2 aromatic rings. The van der Waals surface area contributed by atoms with Crippen LogP contribution in [0.15, 0.2) is 40.9 Å². The highest BCUT2D eigenvalue weighted by atomic mass is 79.9.